The molecule has 9 heteroatoms. The maximum absolute atomic E-state index is 12.1. The second-order valence-electron chi connectivity index (χ2n) is 6.64. The first-order valence-electron chi connectivity index (χ1n) is 10.1. The fraction of sp³-hybridized carbons (Fsp3) is 0.619. The second-order valence-corrected chi connectivity index (χ2v) is 6.95. The van der Waals surface area contributed by atoms with Crippen molar-refractivity contribution in [1.82, 2.24) is 10.4 Å². The molecule has 1 fully saturated rings. The maximum Gasteiger partial charge on any atom is 0.404 e. The van der Waals surface area contributed by atoms with Gasteiger partial charge in [0.05, 0.1) is 13.2 Å². The molecule has 1 aliphatic heterocycles. The molecule has 0 aromatic heterocycles. The van der Waals surface area contributed by atoms with Gasteiger partial charge < -0.3 is 19.5 Å². The molecule has 1 atom stereocenters. The molecule has 2 rings (SSSR count). The van der Waals surface area contributed by atoms with Crippen molar-refractivity contribution in [3.05, 3.63) is 35.9 Å². The van der Waals surface area contributed by atoms with Gasteiger partial charge in [-0.2, -0.15) is 5.06 Å². The lowest BCUT2D eigenvalue weighted by molar-refractivity contribution is -0.178. The standard InChI is InChI=1S/C13H26N2O4.C8H7ClO2/c1-4-5-9-19-15-8-6-7-11(15)13(16)14-10-12(17-2)18-3;9-8(10)11-6-7-4-2-1-3-5-7/h11-12H,4-10H2,1-3H3,(H,14,16);1-5H,6H2. The van der Waals surface area contributed by atoms with Gasteiger partial charge in [0.2, 0.25) is 5.91 Å². The lowest BCUT2D eigenvalue weighted by atomic mass is 10.2. The van der Waals surface area contributed by atoms with Crippen LogP contribution in [-0.4, -0.2) is 62.6 Å². The Morgan fingerprint density at radius 3 is 2.53 bits per heavy atom. The number of carbonyl (C=O) groups excluding carboxylic acids is 2. The highest BCUT2D eigenvalue weighted by molar-refractivity contribution is 6.61. The first kappa shape index (κ1) is 26.3. The number of hydroxylamine groups is 2. The minimum Gasteiger partial charge on any atom is -0.449 e. The molecule has 1 N–H and O–H groups in total. The highest BCUT2D eigenvalue weighted by Gasteiger charge is 2.31. The summed E-state index contributed by atoms with van der Waals surface area (Å²) in [5.74, 6) is -0.0203. The Morgan fingerprint density at radius 1 is 1.23 bits per heavy atom. The molecule has 1 unspecified atom stereocenters. The third kappa shape index (κ3) is 10.9. The molecular weight excluding hydrogens is 412 g/mol. The monoisotopic (exact) mass is 444 g/mol. The molecule has 1 heterocycles. The minimum atomic E-state index is -0.770. The summed E-state index contributed by atoms with van der Waals surface area (Å²) in [7, 11) is 3.10. The summed E-state index contributed by atoms with van der Waals surface area (Å²) in [5, 5.41) is 4.64. The molecule has 0 radical (unpaired) electrons. The number of nitrogens with zero attached hydrogens (tertiary/aromatic N) is 1. The van der Waals surface area contributed by atoms with Crippen molar-refractivity contribution in [2.75, 3.05) is 33.9 Å². The average molecular weight is 445 g/mol. The number of nitrogens with one attached hydrogen (secondary N) is 1. The zero-order valence-corrected chi connectivity index (χ0v) is 18.7. The van der Waals surface area contributed by atoms with Crippen molar-refractivity contribution in [2.45, 2.75) is 51.5 Å². The molecule has 8 nitrogen and oxygen atoms in total. The van der Waals surface area contributed by atoms with Gasteiger partial charge in [-0.15, -0.1) is 0 Å². The van der Waals surface area contributed by atoms with Gasteiger partial charge in [0.25, 0.3) is 0 Å². The molecule has 1 saturated heterocycles. The largest absolute Gasteiger partial charge is 0.449 e. The van der Waals surface area contributed by atoms with E-state index >= 15 is 0 Å². The number of carbonyl (C=O) groups is 2. The Balaban J connectivity index is 0.000000346. The summed E-state index contributed by atoms with van der Waals surface area (Å²) in [6.07, 6.45) is 3.53. The van der Waals surface area contributed by atoms with Crippen LogP contribution in [0.25, 0.3) is 0 Å². The topological polar surface area (TPSA) is 86.3 Å². The highest BCUT2D eigenvalue weighted by Crippen LogP contribution is 2.18. The van der Waals surface area contributed by atoms with E-state index in [0.29, 0.717) is 13.2 Å². The summed E-state index contributed by atoms with van der Waals surface area (Å²) >= 11 is 4.97. The lowest BCUT2D eigenvalue weighted by Crippen LogP contribution is -2.45. The van der Waals surface area contributed by atoms with Gasteiger partial charge in [0.15, 0.2) is 6.29 Å². The second kappa shape index (κ2) is 16.0. The van der Waals surface area contributed by atoms with E-state index in [-0.39, 0.29) is 18.6 Å². The number of hydrogen-bond donors (Lipinski definition) is 1. The SMILES string of the molecule is CCCCON1CCCC1C(=O)NCC(OC)OC.O=C(Cl)OCc1ccccc1. The first-order valence-corrected chi connectivity index (χ1v) is 10.5. The number of rotatable bonds is 11. The van der Waals surface area contributed by atoms with Gasteiger partial charge >= 0.3 is 5.43 Å². The van der Waals surface area contributed by atoms with E-state index in [4.69, 9.17) is 25.9 Å². The molecule has 0 aliphatic carbocycles. The summed E-state index contributed by atoms with van der Waals surface area (Å²) in [6.45, 7) is 4.21. The number of amides is 1. The Kier molecular flexibility index (Phi) is 14.1. The van der Waals surface area contributed by atoms with Gasteiger partial charge in [-0.25, -0.2) is 4.79 Å². The number of unbranched alkanes of at least 4 members (excludes halogenated alkanes) is 1. The van der Waals surface area contributed by atoms with Crippen molar-refractivity contribution >= 4 is 22.9 Å². The zero-order chi connectivity index (χ0) is 22.2. The molecule has 30 heavy (non-hydrogen) atoms. The third-order valence-corrected chi connectivity index (χ3v) is 4.53. The number of methoxy groups -OCH3 is 2. The van der Waals surface area contributed by atoms with Crippen LogP contribution in [-0.2, 0) is 30.4 Å². The molecule has 1 aromatic rings. The number of ether oxygens (including phenoxy) is 3. The van der Waals surface area contributed by atoms with Crippen molar-refractivity contribution in [3.8, 4) is 0 Å². The van der Waals surface area contributed by atoms with Crippen LogP contribution in [0.2, 0.25) is 0 Å². The zero-order valence-electron chi connectivity index (χ0n) is 18.0. The van der Waals surface area contributed by atoms with Crippen LogP contribution in [0.15, 0.2) is 30.3 Å². The van der Waals surface area contributed by atoms with Crippen LogP contribution >= 0.6 is 11.6 Å². The average Bonchev–Trinajstić information content (AvgIpc) is 3.23. The van der Waals surface area contributed by atoms with E-state index in [1.54, 1.807) is 19.3 Å². The fourth-order valence-corrected chi connectivity index (χ4v) is 2.82. The molecule has 1 aliphatic rings. The Hall–Kier alpha value is -1.71. The van der Waals surface area contributed by atoms with E-state index < -0.39 is 11.7 Å². The lowest BCUT2D eigenvalue weighted by Gasteiger charge is -2.23. The van der Waals surface area contributed by atoms with Gasteiger partial charge in [-0.05, 0) is 24.8 Å². The molecule has 170 valence electrons. The van der Waals surface area contributed by atoms with Crippen LogP contribution in [0.1, 0.15) is 38.2 Å². The highest BCUT2D eigenvalue weighted by atomic mass is 35.5. The van der Waals surface area contributed by atoms with E-state index in [0.717, 1.165) is 37.8 Å². The minimum absolute atomic E-state index is 0.0203. The Morgan fingerprint density at radius 2 is 1.93 bits per heavy atom. The predicted molar refractivity (Wildman–Crippen MR) is 114 cm³/mol. The van der Waals surface area contributed by atoms with Gasteiger partial charge in [0.1, 0.15) is 12.6 Å². The molecule has 0 bridgehead atoms. The summed E-state index contributed by atoms with van der Waals surface area (Å²) in [5.41, 5.74) is 0.162. The van der Waals surface area contributed by atoms with E-state index in [1.165, 1.54) is 0 Å². The number of halogens is 1. The normalized spacial score (nSPS) is 16.1. The quantitative estimate of drug-likeness (QED) is 0.317. The maximum atomic E-state index is 12.1. The van der Waals surface area contributed by atoms with Crippen molar-refractivity contribution < 1.29 is 28.6 Å². The van der Waals surface area contributed by atoms with E-state index in [1.807, 2.05) is 30.3 Å². The van der Waals surface area contributed by atoms with E-state index in [2.05, 4.69) is 17.0 Å². The van der Waals surface area contributed by atoms with Crippen LogP contribution < -0.4 is 5.32 Å². The molecule has 1 aromatic carbocycles. The van der Waals surface area contributed by atoms with Crippen molar-refractivity contribution in [1.29, 1.82) is 0 Å². The van der Waals surface area contributed by atoms with Crippen LogP contribution in [0.3, 0.4) is 0 Å². The molecule has 0 spiro atoms. The van der Waals surface area contributed by atoms with Crippen molar-refractivity contribution in [3.63, 3.8) is 0 Å². The number of benzene rings is 1. The molecular formula is C21H33ClN2O6. The van der Waals surface area contributed by atoms with Crippen molar-refractivity contribution in [2.24, 2.45) is 0 Å². The van der Waals surface area contributed by atoms with Crippen LogP contribution in [0, 0.1) is 0 Å². The predicted octanol–water partition coefficient (Wildman–Crippen LogP) is 3.48. The van der Waals surface area contributed by atoms with Gasteiger partial charge in [0, 0.05) is 32.4 Å². The third-order valence-electron chi connectivity index (χ3n) is 4.43. The Bertz CT molecular complexity index is 600. The molecule has 0 saturated carbocycles. The van der Waals surface area contributed by atoms with Gasteiger partial charge in [-0.3, -0.25) is 9.63 Å². The summed E-state index contributed by atoms with van der Waals surface area (Å²) in [4.78, 5) is 27.9. The summed E-state index contributed by atoms with van der Waals surface area (Å²) in [6, 6.07) is 9.17. The first-order chi connectivity index (χ1) is 14.5. The Labute approximate surface area is 183 Å². The fourth-order valence-electron chi connectivity index (χ4n) is 2.76. The number of hydrogen-bond acceptors (Lipinski definition) is 7. The van der Waals surface area contributed by atoms with Crippen LogP contribution in [0.5, 0.6) is 0 Å². The van der Waals surface area contributed by atoms with E-state index in [9.17, 15) is 9.59 Å². The van der Waals surface area contributed by atoms with Crippen LogP contribution in [0.4, 0.5) is 4.79 Å². The summed E-state index contributed by atoms with van der Waals surface area (Å²) < 4.78 is 14.6. The smallest absolute Gasteiger partial charge is 0.404 e. The molecule has 1 amide bonds. The van der Waals surface area contributed by atoms with Gasteiger partial charge in [-0.1, -0.05) is 43.7 Å².